The molecule has 0 amide bonds. The molecule has 3 heteroatoms. The third-order valence-corrected chi connectivity index (χ3v) is 6.46. The Morgan fingerprint density at radius 2 is 1.60 bits per heavy atom. The van der Waals surface area contributed by atoms with Gasteiger partial charge in [0.1, 0.15) is 11.9 Å². The Bertz CT molecular complexity index is 544. The van der Waals surface area contributed by atoms with Crippen molar-refractivity contribution in [3.63, 3.8) is 0 Å². The first-order valence-corrected chi connectivity index (χ1v) is 11.2. The molecule has 0 aliphatic carbocycles. The lowest BCUT2D eigenvalue weighted by Gasteiger charge is -2.09. The van der Waals surface area contributed by atoms with Crippen molar-refractivity contribution in [1.82, 2.24) is 0 Å². The van der Waals surface area contributed by atoms with E-state index in [1.807, 2.05) is 11.3 Å². The Morgan fingerprint density at radius 1 is 1.00 bits per heavy atom. The van der Waals surface area contributed by atoms with Gasteiger partial charge in [-0.1, -0.05) is 64.7 Å². The van der Waals surface area contributed by atoms with Crippen molar-refractivity contribution in [2.24, 2.45) is 0 Å². The molecule has 0 unspecified atom stereocenters. The van der Waals surface area contributed by atoms with E-state index in [2.05, 4.69) is 43.8 Å². The first kappa shape index (κ1) is 20.5. The Hall–Kier alpha value is -0.830. The number of hydrogen-bond donors (Lipinski definition) is 0. The van der Waals surface area contributed by atoms with Crippen LogP contribution in [0.3, 0.4) is 0 Å². The standard InChI is InChI=1S/C22H38NOS/c1-5-6-7-8-9-10-11-12-13-14-15-19-16-17-25-20(19)21-23(4)22(2,3)18-24-21/h16-17H,5-15,18H2,1-4H3/q+1. The molecule has 2 rings (SSSR count). The quantitative estimate of drug-likeness (QED) is 0.308. The maximum atomic E-state index is 6.02. The van der Waals surface area contributed by atoms with E-state index in [0.29, 0.717) is 0 Å². The fourth-order valence-corrected chi connectivity index (χ4v) is 4.44. The zero-order valence-electron chi connectivity index (χ0n) is 16.9. The zero-order chi connectivity index (χ0) is 18.1. The van der Waals surface area contributed by atoms with E-state index in [1.165, 1.54) is 81.1 Å². The fraction of sp³-hybridized carbons (Fsp3) is 0.773. The largest absolute Gasteiger partial charge is 0.436 e. The average Bonchev–Trinajstić information content (AvgIpc) is 3.14. The summed E-state index contributed by atoms with van der Waals surface area (Å²) in [6.07, 6.45) is 15.2. The maximum Gasteiger partial charge on any atom is 0.381 e. The highest BCUT2D eigenvalue weighted by molar-refractivity contribution is 7.12. The van der Waals surface area contributed by atoms with Crippen LogP contribution in [-0.4, -0.2) is 29.7 Å². The van der Waals surface area contributed by atoms with Gasteiger partial charge in [0.25, 0.3) is 0 Å². The maximum absolute atomic E-state index is 6.02. The van der Waals surface area contributed by atoms with E-state index < -0.39 is 0 Å². The molecule has 1 aromatic heterocycles. The highest BCUT2D eigenvalue weighted by Crippen LogP contribution is 2.26. The molecule has 2 heterocycles. The van der Waals surface area contributed by atoms with Crippen molar-refractivity contribution in [3.8, 4) is 0 Å². The van der Waals surface area contributed by atoms with Crippen molar-refractivity contribution in [2.45, 2.75) is 96.9 Å². The van der Waals surface area contributed by atoms with Crippen LogP contribution < -0.4 is 0 Å². The molecule has 0 atom stereocenters. The van der Waals surface area contributed by atoms with Gasteiger partial charge in [-0.15, -0.1) is 11.3 Å². The van der Waals surface area contributed by atoms with Crippen LogP contribution in [0, 0.1) is 0 Å². The SMILES string of the molecule is CCCCCCCCCCCCc1ccsc1C1=[N+](C)C(C)(C)CO1. The van der Waals surface area contributed by atoms with Crippen molar-refractivity contribution in [2.75, 3.05) is 13.7 Å². The molecule has 1 aliphatic rings. The number of rotatable bonds is 12. The van der Waals surface area contributed by atoms with Crippen LogP contribution in [0.4, 0.5) is 0 Å². The van der Waals surface area contributed by atoms with Gasteiger partial charge in [-0.05, 0) is 29.9 Å². The summed E-state index contributed by atoms with van der Waals surface area (Å²) >= 11 is 1.83. The van der Waals surface area contributed by atoms with Crippen molar-refractivity contribution in [3.05, 3.63) is 21.9 Å². The zero-order valence-corrected chi connectivity index (χ0v) is 17.7. The molecule has 0 radical (unpaired) electrons. The normalized spacial score (nSPS) is 16.5. The summed E-state index contributed by atoms with van der Waals surface area (Å²) in [6.45, 7) is 7.56. The Kier molecular flexibility index (Phi) is 8.48. The van der Waals surface area contributed by atoms with Gasteiger partial charge in [-0.2, -0.15) is 4.58 Å². The molecule has 2 nitrogen and oxygen atoms in total. The molecule has 0 fully saturated rings. The monoisotopic (exact) mass is 364 g/mol. The summed E-state index contributed by atoms with van der Waals surface area (Å²) in [4.78, 5) is 1.35. The minimum absolute atomic E-state index is 0.105. The molecule has 142 valence electrons. The predicted molar refractivity (Wildman–Crippen MR) is 110 cm³/mol. The van der Waals surface area contributed by atoms with Gasteiger partial charge in [-0.3, -0.25) is 0 Å². The summed E-state index contributed by atoms with van der Waals surface area (Å²) < 4.78 is 8.32. The average molecular weight is 365 g/mol. The topological polar surface area (TPSA) is 12.2 Å². The van der Waals surface area contributed by atoms with Gasteiger partial charge in [0.05, 0.1) is 0 Å². The fourth-order valence-electron chi connectivity index (χ4n) is 3.45. The molecule has 1 aromatic rings. The molecule has 0 bridgehead atoms. The number of thiophene rings is 1. The molecule has 1 aliphatic heterocycles. The van der Waals surface area contributed by atoms with Crippen LogP contribution in [0.15, 0.2) is 11.4 Å². The number of unbranched alkanes of at least 4 members (excludes halogenated alkanes) is 9. The van der Waals surface area contributed by atoms with E-state index in [0.717, 1.165) is 12.5 Å². The van der Waals surface area contributed by atoms with E-state index >= 15 is 0 Å². The molecular weight excluding hydrogens is 326 g/mol. The van der Waals surface area contributed by atoms with Crippen LogP contribution in [0.5, 0.6) is 0 Å². The second-order valence-corrected chi connectivity index (χ2v) is 9.09. The van der Waals surface area contributed by atoms with E-state index in [4.69, 9.17) is 4.74 Å². The summed E-state index contributed by atoms with van der Waals surface area (Å²) in [5.41, 5.74) is 1.58. The lowest BCUT2D eigenvalue weighted by molar-refractivity contribution is -0.562. The van der Waals surface area contributed by atoms with Crippen molar-refractivity contribution >= 4 is 17.2 Å². The van der Waals surface area contributed by atoms with E-state index in [1.54, 1.807) is 0 Å². The first-order chi connectivity index (χ1) is 12.1. The van der Waals surface area contributed by atoms with Crippen LogP contribution >= 0.6 is 11.3 Å². The summed E-state index contributed by atoms with van der Waals surface area (Å²) in [5.74, 6) is 1.09. The molecule has 25 heavy (non-hydrogen) atoms. The molecular formula is C22H38NOS+. The van der Waals surface area contributed by atoms with E-state index in [-0.39, 0.29) is 5.54 Å². The summed E-state index contributed by atoms with van der Waals surface area (Å²) in [7, 11) is 2.16. The molecule has 0 aromatic carbocycles. The van der Waals surface area contributed by atoms with Gasteiger partial charge in [0.15, 0.2) is 12.1 Å². The van der Waals surface area contributed by atoms with Crippen LogP contribution in [0.1, 0.15) is 95.4 Å². The molecule has 0 saturated heterocycles. The van der Waals surface area contributed by atoms with Crippen molar-refractivity contribution < 1.29 is 9.31 Å². The number of ether oxygens (including phenoxy) is 1. The first-order valence-electron chi connectivity index (χ1n) is 10.4. The van der Waals surface area contributed by atoms with Crippen LogP contribution in [0.2, 0.25) is 0 Å². The second kappa shape index (κ2) is 10.4. The Morgan fingerprint density at radius 3 is 2.16 bits per heavy atom. The molecule has 0 spiro atoms. The third kappa shape index (κ3) is 6.13. The van der Waals surface area contributed by atoms with Gasteiger partial charge >= 0.3 is 5.90 Å². The predicted octanol–water partition coefficient (Wildman–Crippen LogP) is 6.41. The minimum Gasteiger partial charge on any atom is -0.436 e. The van der Waals surface area contributed by atoms with Crippen LogP contribution in [0.25, 0.3) is 0 Å². The van der Waals surface area contributed by atoms with E-state index in [9.17, 15) is 0 Å². The lowest BCUT2D eigenvalue weighted by Crippen LogP contribution is -2.33. The minimum atomic E-state index is 0.105. The summed E-state index contributed by atoms with van der Waals surface area (Å²) in [6, 6.07) is 2.29. The highest BCUT2D eigenvalue weighted by atomic mass is 32.1. The van der Waals surface area contributed by atoms with Gasteiger partial charge in [0.2, 0.25) is 0 Å². The van der Waals surface area contributed by atoms with Gasteiger partial charge in [0, 0.05) is 13.8 Å². The smallest absolute Gasteiger partial charge is 0.381 e. The Balaban J connectivity index is 1.67. The van der Waals surface area contributed by atoms with Gasteiger partial charge < -0.3 is 4.74 Å². The Labute approximate surface area is 159 Å². The number of aryl methyl sites for hydroxylation is 1. The lowest BCUT2D eigenvalue weighted by atomic mass is 10.0. The number of hydrogen-bond acceptors (Lipinski definition) is 2. The van der Waals surface area contributed by atoms with Crippen LogP contribution in [-0.2, 0) is 11.2 Å². The molecule has 0 N–H and O–H groups in total. The highest BCUT2D eigenvalue weighted by Gasteiger charge is 2.41. The van der Waals surface area contributed by atoms with Crippen molar-refractivity contribution in [1.29, 1.82) is 0 Å². The second-order valence-electron chi connectivity index (χ2n) is 8.17. The third-order valence-electron chi connectivity index (χ3n) is 5.52. The number of nitrogens with zero attached hydrogens (tertiary/aromatic N) is 1. The van der Waals surface area contributed by atoms with Gasteiger partial charge in [-0.25, -0.2) is 0 Å². The molecule has 0 saturated carbocycles. The summed E-state index contributed by atoms with van der Waals surface area (Å²) in [5, 5.41) is 2.22. The number of likely N-dealkylation sites (N-methyl/N-ethyl adjacent to an activating group) is 1.